The quantitative estimate of drug-likeness (QED) is 0.854. The molecule has 132 valence electrons. The van der Waals surface area contributed by atoms with Crippen LogP contribution >= 0.6 is 11.6 Å². The van der Waals surface area contributed by atoms with Gasteiger partial charge in [-0.2, -0.15) is 0 Å². The van der Waals surface area contributed by atoms with Crippen molar-refractivity contribution in [3.63, 3.8) is 0 Å². The number of benzene rings is 2. The molecular formula is C20H23ClN2O2. The number of rotatable bonds is 5. The molecule has 2 N–H and O–H groups in total. The molecule has 1 fully saturated rings. The van der Waals surface area contributed by atoms with Crippen LogP contribution in [0.15, 0.2) is 48.5 Å². The van der Waals surface area contributed by atoms with E-state index in [-0.39, 0.29) is 5.91 Å². The van der Waals surface area contributed by atoms with Crippen LogP contribution in [0.2, 0.25) is 5.02 Å². The highest BCUT2D eigenvalue weighted by Crippen LogP contribution is 2.19. The van der Waals surface area contributed by atoms with Crippen molar-refractivity contribution in [3.8, 4) is 0 Å². The zero-order valence-electron chi connectivity index (χ0n) is 14.1. The highest BCUT2D eigenvalue weighted by molar-refractivity contribution is 6.30. The predicted molar refractivity (Wildman–Crippen MR) is 101 cm³/mol. The van der Waals surface area contributed by atoms with Crippen LogP contribution in [0, 0.1) is 5.92 Å². The fraction of sp³-hybridized carbons (Fsp3) is 0.350. The molecule has 1 heterocycles. The number of likely N-dealkylation sites (tertiary alicyclic amines) is 1. The molecule has 2 aromatic rings. The van der Waals surface area contributed by atoms with Gasteiger partial charge in [-0.05, 0) is 67.7 Å². The summed E-state index contributed by atoms with van der Waals surface area (Å²) in [6.45, 7) is 3.21. The Labute approximate surface area is 153 Å². The summed E-state index contributed by atoms with van der Waals surface area (Å²) in [5.41, 5.74) is 2.51. The Bertz CT molecular complexity index is 710. The van der Waals surface area contributed by atoms with Gasteiger partial charge in [-0.15, -0.1) is 0 Å². The van der Waals surface area contributed by atoms with Crippen LogP contribution in [-0.2, 0) is 6.54 Å². The molecule has 4 nitrogen and oxygen atoms in total. The molecule has 0 saturated carbocycles. The topological polar surface area (TPSA) is 52.6 Å². The first-order valence-electron chi connectivity index (χ1n) is 8.63. The van der Waals surface area contributed by atoms with Crippen molar-refractivity contribution in [2.75, 3.05) is 25.0 Å². The molecule has 0 spiro atoms. The lowest BCUT2D eigenvalue weighted by molar-refractivity contribution is 0.102. The van der Waals surface area contributed by atoms with Crippen molar-refractivity contribution in [2.45, 2.75) is 19.4 Å². The van der Waals surface area contributed by atoms with Gasteiger partial charge in [0.1, 0.15) is 0 Å². The molecule has 5 heteroatoms. The first-order chi connectivity index (χ1) is 12.1. The number of aliphatic hydroxyl groups excluding tert-OH is 1. The van der Waals surface area contributed by atoms with Gasteiger partial charge in [-0.1, -0.05) is 29.8 Å². The first kappa shape index (κ1) is 17.9. The van der Waals surface area contributed by atoms with E-state index in [2.05, 4.69) is 10.2 Å². The Morgan fingerprint density at radius 3 is 2.52 bits per heavy atom. The summed E-state index contributed by atoms with van der Waals surface area (Å²) in [6, 6.07) is 14.8. The third kappa shape index (κ3) is 5.05. The first-order valence-corrected chi connectivity index (χ1v) is 9.01. The van der Waals surface area contributed by atoms with E-state index in [0.717, 1.165) is 32.5 Å². The highest BCUT2D eigenvalue weighted by atomic mass is 35.5. The second kappa shape index (κ2) is 8.48. The van der Waals surface area contributed by atoms with Crippen molar-refractivity contribution in [2.24, 2.45) is 5.92 Å². The van der Waals surface area contributed by atoms with Gasteiger partial charge < -0.3 is 10.4 Å². The summed E-state index contributed by atoms with van der Waals surface area (Å²) >= 11 is 5.94. The molecular weight excluding hydrogens is 336 g/mol. The summed E-state index contributed by atoms with van der Waals surface area (Å²) < 4.78 is 0. The molecule has 0 unspecified atom stereocenters. The van der Waals surface area contributed by atoms with Crippen LogP contribution in [0.4, 0.5) is 5.69 Å². The smallest absolute Gasteiger partial charge is 0.255 e. The zero-order valence-corrected chi connectivity index (χ0v) is 14.9. The van der Waals surface area contributed by atoms with Crippen molar-refractivity contribution < 1.29 is 9.90 Å². The summed E-state index contributed by atoms with van der Waals surface area (Å²) in [5.74, 6) is 0.311. The molecule has 0 bridgehead atoms. The van der Waals surface area contributed by atoms with Gasteiger partial charge in [0.15, 0.2) is 0 Å². The number of halogens is 1. The number of hydrogen-bond acceptors (Lipinski definition) is 3. The van der Waals surface area contributed by atoms with Crippen LogP contribution in [-0.4, -0.2) is 35.6 Å². The minimum absolute atomic E-state index is 0.141. The zero-order chi connectivity index (χ0) is 17.6. The van der Waals surface area contributed by atoms with Crippen molar-refractivity contribution in [3.05, 3.63) is 64.7 Å². The van der Waals surface area contributed by atoms with Crippen LogP contribution in [0.5, 0.6) is 0 Å². The Morgan fingerprint density at radius 2 is 1.88 bits per heavy atom. The number of piperidine rings is 1. The van der Waals surface area contributed by atoms with E-state index in [1.165, 1.54) is 5.56 Å². The molecule has 1 aliphatic heterocycles. The molecule has 2 aromatic carbocycles. The van der Waals surface area contributed by atoms with E-state index in [1.807, 2.05) is 30.3 Å². The Morgan fingerprint density at radius 1 is 1.16 bits per heavy atom. The van der Waals surface area contributed by atoms with Crippen molar-refractivity contribution >= 4 is 23.2 Å². The van der Waals surface area contributed by atoms with E-state index >= 15 is 0 Å². The van der Waals surface area contributed by atoms with Crippen molar-refractivity contribution in [1.82, 2.24) is 4.90 Å². The number of anilines is 1. The van der Waals surface area contributed by atoms with Gasteiger partial charge in [0, 0.05) is 29.4 Å². The molecule has 0 atom stereocenters. The minimum atomic E-state index is -0.141. The number of carbonyl (C=O) groups is 1. The molecule has 1 saturated heterocycles. The van der Waals surface area contributed by atoms with Crippen LogP contribution < -0.4 is 5.32 Å². The molecule has 1 aliphatic rings. The normalized spacial score (nSPS) is 15.9. The van der Waals surface area contributed by atoms with Gasteiger partial charge in [-0.25, -0.2) is 0 Å². The summed E-state index contributed by atoms with van der Waals surface area (Å²) in [6.07, 6.45) is 2.10. The second-order valence-corrected chi connectivity index (χ2v) is 7.00. The Balaban J connectivity index is 1.55. The van der Waals surface area contributed by atoms with E-state index in [1.54, 1.807) is 18.2 Å². The van der Waals surface area contributed by atoms with Crippen LogP contribution in [0.1, 0.15) is 28.8 Å². The maximum absolute atomic E-state index is 12.3. The number of aliphatic hydroxyl groups is 1. The average Bonchev–Trinajstić information content (AvgIpc) is 2.63. The van der Waals surface area contributed by atoms with E-state index in [4.69, 9.17) is 11.6 Å². The second-order valence-electron chi connectivity index (χ2n) is 6.56. The molecule has 3 rings (SSSR count). The summed E-state index contributed by atoms with van der Waals surface area (Å²) in [4.78, 5) is 14.7. The van der Waals surface area contributed by atoms with Gasteiger partial charge in [0.2, 0.25) is 0 Å². The summed E-state index contributed by atoms with van der Waals surface area (Å²) in [7, 11) is 0. The van der Waals surface area contributed by atoms with Crippen LogP contribution in [0.3, 0.4) is 0 Å². The number of hydrogen-bond donors (Lipinski definition) is 2. The number of carbonyl (C=O) groups excluding carboxylic acids is 1. The molecule has 0 aliphatic carbocycles. The lowest BCUT2D eigenvalue weighted by Crippen LogP contribution is -2.34. The maximum Gasteiger partial charge on any atom is 0.255 e. The molecule has 0 aromatic heterocycles. The van der Waals surface area contributed by atoms with Gasteiger partial charge in [-0.3, -0.25) is 9.69 Å². The van der Waals surface area contributed by atoms with E-state index in [9.17, 15) is 9.90 Å². The van der Waals surface area contributed by atoms with Gasteiger partial charge >= 0.3 is 0 Å². The number of amides is 1. The largest absolute Gasteiger partial charge is 0.396 e. The van der Waals surface area contributed by atoms with E-state index in [0.29, 0.717) is 28.8 Å². The Hall–Kier alpha value is -1.88. The van der Waals surface area contributed by atoms with Gasteiger partial charge in [0.25, 0.3) is 5.91 Å². The van der Waals surface area contributed by atoms with Gasteiger partial charge in [0.05, 0.1) is 0 Å². The monoisotopic (exact) mass is 358 g/mol. The molecule has 25 heavy (non-hydrogen) atoms. The fourth-order valence-corrected chi connectivity index (χ4v) is 3.31. The van der Waals surface area contributed by atoms with E-state index < -0.39 is 0 Å². The number of nitrogens with one attached hydrogen (secondary N) is 1. The average molecular weight is 359 g/mol. The Kier molecular flexibility index (Phi) is 6.08. The molecule has 1 amide bonds. The van der Waals surface area contributed by atoms with Crippen molar-refractivity contribution in [1.29, 1.82) is 0 Å². The minimum Gasteiger partial charge on any atom is -0.396 e. The molecule has 0 radical (unpaired) electrons. The summed E-state index contributed by atoms with van der Waals surface area (Å²) in [5, 5.41) is 12.7. The number of nitrogens with zero attached hydrogens (tertiary/aromatic N) is 1. The fourth-order valence-electron chi connectivity index (χ4n) is 3.12. The standard InChI is InChI=1S/C20H23ClN2O2/c21-18-2-1-3-19(12-18)22-20(25)17-6-4-15(5-7-17)13-23-10-8-16(14-24)9-11-23/h1-7,12,16,24H,8-11,13-14H2,(H,22,25). The third-order valence-corrected chi connectivity index (χ3v) is 4.91. The SMILES string of the molecule is O=C(Nc1cccc(Cl)c1)c1ccc(CN2CCC(CO)CC2)cc1. The van der Waals surface area contributed by atoms with Crippen LogP contribution in [0.25, 0.3) is 0 Å². The highest BCUT2D eigenvalue weighted by Gasteiger charge is 2.18. The third-order valence-electron chi connectivity index (χ3n) is 4.67. The lowest BCUT2D eigenvalue weighted by Gasteiger charge is -2.31. The predicted octanol–water partition coefficient (Wildman–Crippen LogP) is 3.80. The lowest BCUT2D eigenvalue weighted by atomic mass is 9.97. The maximum atomic E-state index is 12.3.